The second kappa shape index (κ2) is 4.14. The molecule has 0 aromatic carbocycles. The Bertz CT molecular complexity index is 502. The van der Waals surface area contributed by atoms with Crippen LogP contribution in [0.15, 0.2) is 23.1 Å². The fourth-order valence-electron chi connectivity index (χ4n) is 2.17. The molecule has 0 atom stereocenters. The highest BCUT2D eigenvalue weighted by Gasteiger charge is 2.12. The number of hydrogen-bond donors (Lipinski definition) is 0. The molecule has 5 heteroatoms. The van der Waals surface area contributed by atoms with Gasteiger partial charge in [0.15, 0.2) is 5.65 Å². The number of fused-ring (bicyclic) bond motifs is 1. The minimum Gasteiger partial charge on any atom is -0.299 e. The molecule has 3 heterocycles. The van der Waals surface area contributed by atoms with Crippen molar-refractivity contribution in [3.05, 3.63) is 28.6 Å². The molecule has 16 heavy (non-hydrogen) atoms. The Morgan fingerprint density at radius 2 is 2.12 bits per heavy atom. The van der Waals surface area contributed by atoms with Crippen LogP contribution in [0.3, 0.4) is 0 Å². The maximum absolute atomic E-state index is 4.39. The summed E-state index contributed by atoms with van der Waals surface area (Å²) in [6.45, 7) is 3.40. The minimum atomic E-state index is 0.832. The topological polar surface area (TPSA) is 33.4 Å². The summed E-state index contributed by atoms with van der Waals surface area (Å²) in [4.78, 5) is 6.85. The molecule has 1 saturated heterocycles. The summed E-state index contributed by atoms with van der Waals surface area (Å²) in [5.41, 5.74) is 2.11. The van der Waals surface area contributed by atoms with Crippen molar-refractivity contribution in [1.82, 2.24) is 19.5 Å². The lowest BCUT2D eigenvalue weighted by Gasteiger charge is -2.13. The number of likely N-dealkylation sites (tertiary alicyclic amines) is 1. The molecule has 84 valence electrons. The Kier molecular flexibility index (Phi) is 2.65. The highest BCUT2D eigenvalue weighted by atomic mass is 79.9. The summed E-state index contributed by atoms with van der Waals surface area (Å²) in [5.74, 6) is 0. The number of rotatable bonds is 2. The zero-order valence-corrected chi connectivity index (χ0v) is 10.5. The van der Waals surface area contributed by atoms with E-state index in [4.69, 9.17) is 0 Å². The lowest BCUT2D eigenvalue weighted by molar-refractivity contribution is 0.330. The fraction of sp³-hybridized carbons (Fsp3) is 0.455. The van der Waals surface area contributed by atoms with E-state index >= 15 is 0 Å². The van der Waals surface area contributed by atoms with Crippen LogP contribution in [0, 0.1) is 0 Å². The van der Waals surface area contributed by atoms with Gasteiger partial charge in [0.1, 0.15) is 4.60 Å². The van der Waals surface area contributed by atoms with Crippen LogP contribution in [0.1, 0.15) is 18.4 Å². The summed E-state index contributed by atoms with van der Waals surface area (Å²) in [6, 6.07) is 1.92. The molecule has 0 N–H and O–H groups in total. The molecular weight excluding hydrogens is 268 g/mol. The van der Waals surface area contributed by atoms with Crippen LogP contribution < -0.4 is 0 Å². The molecule has 1 aliphatic heterocycles. The SMILES string of the molecule is Brc1cc2ncc(CN3CCCC3)cn2n1. The van der Waals surface area contributed by atoms with Crippen molar-refractivity contribution in [3.8, 4) is 0 Å². The minimum absolute atomic E-state index is 0.832. The van der Waals surface area contributed by atoms with Crippen molar-refractivity contribution in [2.45, 2.75) is 19.4 Å². The molecule has 1 aliphatic rings. The predicted octanol–water partition coefficient (Wildman–Crippen LogP) is 2.09. The van der Waals surface area contributed by atoms with Crippen LogP contribution in [0.4, 0.5) is 0 Å². The molecule has 0 amide bonds. The van der Waals surface area contributed by atoms with Gasteiger partial charge in [-0.25, -0.2) is 9.50 Å². The Balaban J connectivity index is 1.86. The third-order valence-corrected chi connectivity index (χ3v) is 3.33. The number of hydrogen-bond acceptors (Lipinski definition) is 3. The van der Waals surface area contributed by atoms with Gasteiger partial charge in [0, 0.05) is 30.6 Å². The van der Waals surface area contributed by atoms with E-state index in [-0.39, 0.29) is 0 Å². The van der Waals surface area contributed by atoms with E-state index < -0.39 is 0 Å². The van der Waals surface area contributed by atoms with E-state index in [1.165, 1.54) is 31.5 Å². The maximum atomic E-state index is 4.39. The molecule has 3 rings (SSSR count). The summed E-state index contributed by atoms with van der Waals surface area (Å²) < 4.78 is 2.66. The van der Waals surface area contributed by atoms with E-state index in [0.29, 0.717) is 0 Å². The van der Waals surface area contributed by atoms with E-state index in [1.807, 2.05) is 16.8 Å². The molecular formula is C11H13BrN4. The summed E-state index contributed by atoms with van der Waals surface area (Å²) in [6.07, 6.45) is 6.65. The molecule has 2 aromatic heterocycles. The zero-order chi connectivity index (χ0) is 11.0. The van der Waals surface area contributed by atoms with Crippen molar-refractivity contribution in [2.75, 3.05) is 13.1 Å². The lowest BCUT2D eigenvalue weighted by Crippen LogP contribution is -2.18. The number of halogens is 1. The Hall–Kier alpha value is -0.940. The van der Waals surface area contributed by atoms with Gasteiger partial charge < -0.3 is 0 Å². The Labute approximate surface area is 102 Å². The van der Waals surface area contributed by atoms with E-state index in [0.717, 1.165) is 16.8 Å². The van der Waals surface area contributed by atoms with Crippen molar-refractivity contribution < 1.29 is 0 Å². The van der Waals surface area contributed by atoms with Crippen LogP contribution in [0.2, 0.25) is 0 Å². The molecule has 0 aliphatic carbocycles. The van der Waals surface area contributed by atoms with Gasteiger partial charge in [0.05, 0.1) is 0 Å². The first-order valence-electron chi connectivity index (χ1n) is 5.53. The predicted molar refractivity (Wildman–Crippen MR) is 65.2 cm³/mol. The van der Waals surface area contributed by atoms with Crippen molar-refractivity contribution in [2.24, 2.45) is 0 Å². The van der Waals surface area contributed by atoms with Gasteiger partial charge >= 0.3 is 0 Å². The number of aromatic nitrogens is 3. The van der Waals surface area contributed by atoms with Gasteiger partial charge in [0.25, 0.3) is 0 Å². The van der Waals surface area contributed by atoms with Crippen molar-refractivity contribution >= 4 is 21.6 Å². The molecule has 0 radical (unpaired) electrons. The Morgan fingerprint density at radius 3 is 2.94 bits per heavy atom. The zero-order valence-electron chi connectivity index (χ0n) is 8.93. The third kappa shape index (κ3) is 1.97. The molecule has 0 spiro atoms. The van der Waals surface area contributed by atoms with Crippen LogP contribution in [-0.2, 0) is 6.54 Å². The summed E-state index contributed by atoms with van der Waals surface area (Å²) in [5, 5.41) is 4.30. The smallest absolute Gasteiger partial charge is 0.156 e. The fourth-order valence-corrected chi connectivity index (χ4v) is 2.54. The van der Waals surface area contributed by atoms with E-state index in [1.54, 1.807) is 0 Å². The van der Waals surface area contributed by atoms with Crippen molar-refractivity contribution in [3.63, 3.8) is 0 Å². The number of nitrogens with zero attached hydrogens (tertiary/aromatic N) is 4. The van der Waals surface area contributed by atoms with Crippen LogP contribution in [-0.4, -0.2) is 32.6 Å². The quantitative estimate of drug-likeness (QED) is 0.845. The van der Waals surface area contributed by atoms with Gasteiger partial charge in [-0.3, -0.25) is 4.90 Å². The molecule has 1 fully saturated rings. The van der Waals surface area contributed by atoms with Gasteiger partial charge in [-0.1, -0.05) is 0 Å². The highest BCUT2D eigenvalue weighted by Crippen LogP contribution is 2.14. The molecule has 0 saturated carbocycles. The first-order valence-corrected chi connectivity index (χ1v) is 6.33. The summed E-state index contributed by atoms with van der Waals surface area (Å²) in [7, 11) is 0. The van der Waals surface area contributed by atoms with Gasteiger partial charge in [-0.15, -0.1) is 0 Å². The second-order valence-electron chi connectivity index (χ2n) is 4.22. The molecule has 4 nitrogen and oxygen atoms in total. The van der Waals surface area contributed by atoms with Gasteiger partial charge in [0.2, 0.25) is 0 Å². The second-order valence-corrected chi connectivity index (χ2v) is 5.03. The summed E-state index contributed by atoms with van der Waals surface area (Å²) >= 11 is 3.35. The molecule has 0 bridgehead atoms. The average molecular weight is 281 g/mol. The van der Waals surface area contributed by atoms with Gasteiger partial charge in [-0.05, 0) is 41.9 Å². The van der Waals surface area contributed by atoms with Crippen LogP contribution >= 0.6 is 15.9 Å². The molecule has 2 aromatic rings. The first-order chi connectivity index (χ1) is 7.81. The normalized spacial score (nSPS) is 17.3. The van der Waals surface area contributed by atoms with Crippen LogP contribution in [0.5, 0.6) is 0 Å². The lowest BCUT2D eigenvalue weighted by atomic mass is 10.3. The van der Waals surface area contributed by atoms with E-state index in [9.17, 15) is 0 Å². The monoisotopic (exact) mass is 280 g/mol. The van der Waals surface area contributed by atoms with Crippen molar-refractivity contribution in [1.29, 1.82) is 0 Å². The maximum Gasteiger partial charge on any atom is 0.156 e. The molecule has 0 unspecified atom stereocenters. The third-order valence-electron chi connectivity index (χ3n) is 2.94. The van der Waals surface area contributed by atoms with E-state index in [2.05, 4.69) is 37.1 Å². The largest absolute Gasteiger partial charge is 0.299 e. The van der Waals surface area contributed by atoms with Gasteiger partial charge in [-0.2, -0.15) is 5.10 Å². The first kappa shape index (κ1) is 10.2. The Morgan fingerprint density at radius 1 is 1.31 bits per heavy atom. The average Bonchev–Trinajstić information content (AvgIpc) is 2.85. The highest BCUT2D eigenvalue weighted by molar-refractivity contribution is 9.10. The van der Waals surface area contributed by atoms with Crippen LogP contribution in [0.25, 0.3) is 5.65 Å². The standard InChI is InChI=1S/C11H13BrN4/c12-10-5-11-13-6-9(8-16(11)14-10)7-15-3-1-2-4-15/h5-6,8H,1-4,7H2.